The first-order valence-electron chi connectivity index (χ1n) is 6.48. The highest BCUT2D eigenvalue weighted by Crippen LogP contribution is 2.24. The van der Waals surface area contributed by atoms with E-state index in [2.05, 4.69) is 0 Å². The summed E-state index contributed by atoms with van der Waals surface area (Å²) in [5.74, 6) is -0.517. The van der Waals surface area contributed by atoms with E-state index in [4.69, 9.17) is 9.47 Å². The highest BCUT2D eigenvalue weighted by molar-refractivity contribution is 5.81. The highest BCUT2D eigenvalue weighted by Gasteiger charge is 2.31. The maximum Gasteiger partial charge on any atom is 0.411 e. The molecule has 0 aromatic heterocycles. The van der Waals surface area contributed by atoms with Crippen LogP contribution in [0.1, 0.15) is 32.4 Å². The fraction of sp³-hybridized carbons (Fsp3) is 0.467. The Hall–Kier alpha value is -2.24. The smallest absolute Gasteiger partial charge is 0.411 e. The molecule has 0 spiro atoms. The van der Waals surface area contributed by atoms with Crippen LogP contribution in [0.5, 0.6) is 5.75 Å². The van der Waals surface area contributed by atoms with Crippen molar-refractivity contribution in [2.24, 2.45) is 0 Å². The number of methoxy groups -OCH3 is 1. The van der Waals surface area contributed by atoms with E-state index in [0.717, 1.165) is 4.90 Å². The SMILES string of the molecule is COc1ccc(C(C(=O)O)N(C)C(=O)OC(C)(C)C)cc1. The third-order valence-corrected chi connectivity index (χ3v) is 2.73. The molecule has 1 N–H and O–H groups in total. The molecule has 0 aliphatic heterocycles. The topological polar surface area (TPSA) is 76.1 Å². The Balaban J connectivity index is 3.00. The van der Waals surface area contributed by atoms with Crippen molar-refractivity contribution in [2.75, 3.05) is 14.2 Å². The lowest BCUT2D eigenvalue weighted by Gasteiger charge is -2.28. The van der Waals surface area contributed by atoms with Crippen LogP contribution in [0.15, 0.2) is 24.3 Å². The number of nitrogens with zero attached hydrogens (tertiary/aromatic N) is 1. The van der Waals surface area contributed by atoms with E-state index >= 15 is 0 Å². The minimum Gasteiger partial charge on any atom is -0.497 e. The predicted molar refractivity (Wildman–Crippen MR) is 77.4 cm³/mol. The van der Waals surface area contributed by atoms with E-state index < -0.39 is 23.7 Å². The van der Waals surface area contributed by atoms with Gasteiger partial charge in [0.25, 0.3) is 0 Å². The number of carbonyl (C=O) groups is 2. The second-order valence-corrected chi connectivity index (χ2v) is 5.61. The molecule has 1 aromatic rings. The molecule has 0 radical (unpaired) electrons. The van der Waals surface area contributed by atoms with E-state index in [9.17, 15) is 14.7 Å². The van der Waals surface area contributed by atoms with Gasteiger partial charge in [0.15, 0.2) is 6.04 Å². The number of carboxylic acids is 1. The van der Waals surface area contributed by atoms with E-state index in [1.165, 1.54) is 14.2 Å². The van der Waals surface area contributed by atoms with E-state index in [1.807, 2.05) is 0 Å². The molecule has 6 nitrogen and oxygen atoms in total. The number of carbonyl (C=O) groups excluding carboxylic acids is 1. The van der Waals surface area contributed by atoms with Crippen molar-refractivity contribution >= 4 is 12.1 Å². The van der Waals surface area contributed by atoms with Gasteiger partial charge in [0.1, 0.15) is 11.4 Å². The largest absolute Gasteiger partial charge is 0.497 e. The molecule has 116 valence electrons. The predicted octanol–water partition coefficient (Wildman–Crippen LogP) is 2.69. The van der Waals surface area contributed by atoms with Crippen LogP contribution in [-0.4, -0.2) is 41.8 Å². The summed E-state index contributed by atoms with van der Waals surface area (Å²) >= 11 is 0. The second-order valence-electron chi connectivity index (χ2n) is 5.61. The van der Waals surface area contributed by atoms with Gasteiger partial charge >= 0.3 is 12.1 Å². The first kappa shape index (κ1) is 16.8. The highest BCUT2D eigenvalue weighted by atomic mass is 16.6. The van der Waals surface area contributed by atoms with E-state index in [0.29, 0.717) is 11.3 Å². The number of hydrogen-bond donors (Lipinski definition) is 1. The molecule has 21 heavy (non-hydrogen) atoms. The summed E-state index contributed by atoms with van der Waals surface area (Å²) in [6.07, 6.45) is -0.689. The zero-order valence-electron chi connectivity index (χ0n) is 12.9. The summed E-state index contributed by atoms with van der Waals surface area (Å²) in [4.78, 5) is 24.6. The fourth-order valence-corrected chi connectivity index (χ4v) is 1.76. The van der Waals surface area contributed by atoms with Crippen molar-refractivity contribution in [3.05, 3.63) is 29.8 Å². The first-order valence-corrected chi connectivity index (χ1v) is 6.48. The minimum atomic E-state index is -1.13. The number of aliphatic carboxylic acids is 1. The number of amides is 1. The van der Waals surface area contributed by atoms with Crippen LogP contribution in [0.3, 0.4) is 0 Å². The lowest BCUT2D eigenvalue weighted by atomic mass is 10.1. The summed E-state index contributed by atoms with van der Waals surface area (Å²) < 4.78 is 10.2. The molecular formula is C15H21NO5. The number of carboxylic acid groups (broad SMARTS) is 1. The van der Waals surface area contributed by atoms with Gasteiger partial charge in [-0.25, -0.2) is 9.59 Å². The van der Waals surface area contributed by atoms with Crippen molar-refractivity contribution < 1.29 is 24.2 Å². The Labute approximate surface area is 124 Å². The molecule has 1 aromatic carbocycles. The summed E-state index contributed by atoms with van der Waals surface area (Å²) in [7, 11) is 2.92. The Kier molecular flexibility index (Phi) is 5.18. The van der Waals surface area contributed by atoms with Crippen molar-refractivity contribution in [2.45, 2.75) is 32.4 Å². The molecule has 0 saturated heterocycles. The monoisotopic (exact) mass is 295 g/mol. The first-order chi connectivity index (χ1) is 9.65. The van der Waals surface area contributed by atoms with Crippen LogP contribution in [0.4, 0.5) is 4.79 Å². The Morgan fingerprint density at radius 3 is 2.10 bits per heavy atom. The van der Waals surface area contributed by atoms with Crippen LogP contribution in [0, 0.1) is 0 Å². The molecule has 1 amide bonds. The molecule has 1 unspecified atom stereocenters. The standard InChI is InChI=1S/C15H21NO5/c1-15(2,3)21-14(19)16(4)12(13(17)18)10-6-8-11(20-5)9-7-10/h6-9,12H,1-5H3,(H,17,18). The van der Waals surface area contributed by atoms with Gasteiger partial charge in [0.2, 0.25) is 0 Å². The van der Waals surface area contributed by atoms with Crippen LogP contribution >= 0.6 is 0 Å². The van der Waals surface area contributed by atoms with Crippen LogP contribution in [0.2, 0.25) is 0 Å². The molecule has 0 heterocycles. The van der Waals surface area contributed by atoms with Crippen molar-refractivity contribution in [3.8, 4) is 5.75 Å². The minimum absolute atomic E-state index is 0.469. The Bertz CT molecular complexity index is 504. The van der Waals surface area contributed by atoms with Gasteiger partial charge in [-0.1, -0.05) is 12.1 Å². The third kappa shape index (κ3) is 4.66. The van der Waals surface area contributed by atoms with Gasteiger partial charge < -0.3 is 14.6 Å². The summed E-state index contributed by atoms with van der Waals surface area (Å²) in [5, 5.41) is 9.39. The number of likely N-dealkylation sites (N-methyl/N-ethyl adjacent to an activating group) is 1. The van der Waals surface area contributed by atoms with Crippen molar-refractivity contribution in [3.63, 3.8) is 0 Å². The Morgan fingerprint density at radius 2 is 1.71 bits per heavy atom. The van der Waals surface area contributed by atoms with E-state index in [-0.39, 0.29) is 0 Å². The quantitative estimate of drug-likeness (QED) is 0.924. The van der Waals surface area contributed by atoms with Crippen molar-refractivity contribution in [1.82, 2.24) is 4.90 Å². The molecule has 0 aliphatic rings. The maximum atomic E-state index is 12.0. The van der Waals surface area contributed by atoms with E-state index in [1.54, 1.807) is 45.0 Å². The average molecular weight is 295 g/mol. The Morgan fingerprint density at radius 1 is 1.19 bits per heavy atom. The van der Waals surface area contributed by atoms with Gasteiger partial charge in [0.05, 0.1) is 7.11 Å². The van der Waals surface area contributed by atoms with Gasteiger partial charge in [-0.3, -0.25) is 4.90 Å². The molecule has 0 fully saturated rings. The van der Waals surface area contributed by atoms with Crippen molar-refractivity contribution in [1.29, 1.82) is 0 Å². The molecule has 0 aliphatic carbocycles. The summed E-state index contributed by atoms with van der Waals surface area (Å²) in [5.41, 5.74) is -0.217. The number of benzene rings is 1. The molecule has 0 saturated carbocycles. The number of hydrogen-bond acceptors (Lipinski definition) is 4. The number of ether oxygens (including phenoxy) is 2. The number of rotatable bonds is 4. The fourth-order valence-electron chi connectivity index (χ4n) is 1.76. The maximum absolute atomic E-state index is 12.0. The van der Waals surface area contributed by atoms with Gasteiger partial charge in [-0.05, 0) is 38.5 Å². The van der Waals surface area contributed by atoms with Crippen LogP contribution in [0.25, 0.3) is 0 Å². The molecule has 6 heteroatoms. The van der Waals surface area contributed by atoms with Gasteiger partial charge in [-0.15, -0.1) is 0 Å². The third-order valence-electron chi connectivity index (χ3n) is 2.73. The summed E-state index contributed by atoms with van der Waals surface area (Å²) in [6, 6.07) is 5.39. The molecule has 0 bridgehead atoms. The molecular weight excluding hydrogens is 274 g/mol. The van der Waals surface area contributed by atoms with Gasteiger partial charge in [0, 0.05) is 7.05 Å². The zero-order chi connectivity index (χ0) is 16.2. The zero-order valence-corrected chi connectivity index (χ0v) is 12.9. The lowest BCUT2D eigenvalue weighted by Crippen LogP contribution is -2.39. The molecule has 1 atom stereocenters. The average Bonchev–Trinajstić information content (AvgIpc) is 2.37. The normalized spacial score (nSPS) is 12.4. The lowest BCUT2D eigenvalue weighted by molar-refractivity contribution is -0.142. The summed E-state index contributed by atoms with van der Waals surface area (Å²) in [6.45, 7) is 5.17. The molecule has 1 rings (SSSR count). The second kappa shape index (κ2) is 6.47. The van der Waals surface area contributed by atoms with Crippen LogP contribution in [-0.2, 0) is 9.53 Å². The van der Waals surface area contributed by atoms with Crippen LogP contribution < -0.4 is 4.74 Å². The van der Waals surface area contributed by atoms with Gasteiger partial charge in [-0.2, -0.15) is 0 Å².